The molecule has 0 aromatic carbocycles. The van der Waals surface area contributed by atoms with Crippen LogP contribution < -0.4 is 5.32 Å². The molecule has 1 aliphatic rings. The molecule has 0 aromatic rings. The van der Waals surface area contributed by atoms with Gasteiger partial charge in [-0.15, -0.1) is 0 Å². The summed E-state index contributed by atoms with van der Waals surface area (Å²) in [4.78, 5) is 2.47. The Balaban J connectivity index is 2.49. The Kier molecular flexibility index (Phi) is 6.32. The SMILES string of the molecule is CCC(C(C)C)N(CCO)CC1CCCN1. The number of hydrogen-bond donors (Lipinski definition) is 2. The van der Waals surface area contributed by atoms with Crippen molar-refractivity contribution in [3.05, 3.63) is 0 Å². The highest BCUT2D eigenvalue weighted by molar-refractivity contribution is 4.82. The van der Waals surface area contributed by atoms with E-state index in [0.29, 0.717) is 18.0 Å². The summed E-state index contributed by atoms with van der Waals surface area (Å²) >= 11 is 0. The number of nitrogens with one attached hydrogen (secondary N) is 1. The molecule has 16 heavy (non-hydrogen) atoms. The van der Waals surface area contributed by atoms with Crippen LogP contribution in [-0.2, 0) is 0 Å². The van der Waals surface area contributed by atoms with Crippen molar-refractivity contribution in [1.82, 2.24) is 10.2 Å². The largest absolute Gasteiger partial charge is 0.395 e. The van der Waals surface area contributed by atoms with Gasteiger partial charge in [-0.25, -0.2) is 0 Å². The molecule has 1 fully saturated rings. The second-order valence-corrected chi connectivity index (χ2v) is 5.23. The van der Waals surface area contributed by atoms with Gasteiger partial charge >= 0.3 is 0 Å². The average Bonchev–Trinajstić information content (AvgIpc) is 2.71. The molecular formula is C13H28N2O. The maximum absolute atomic E-state index is 9.17. The highest BCUT2D eigenvalue weighted by Gasteiger charge is 2.24. The number of aliphatic hydroxyl groups is 1. The van der Waals surface area contributed by atoms with Crippen LogP contribution in [0, 0.1) is 5.92 Å². The van der Waals surface area contributed by atoms with Crippen LogP contribution in [0.15, 0.2) is 0 Å². The average molecular weight is 228 g/mol. The smallest absolute Gasteiger partial charge is 0.0558 e. The maximum atomic E-state index is 9.17. The third-order valence-corrected chi connectivity index (χ3v) is 3.66. The van der Waals surface area contributed by atoms with E-state index >= 15 is 0 Å². The molecule has 1 aliphatic heterocycles. The molecule has 0 aromatic heterocycles. The van der Waals surface area contributed by atoms with E-state index in [1.54, 1.807) is 0 Å². The van der Waals surface area contributed by atoms with Crippen LogP contribution in [-0.4, -0.2) is 48.3 Å². The highest BCUT2D eigenvalue weighted by atomic mass is 16.3. The van der Waals surface area contributed by atoms with Crippen LogP contribution in [0.4, 0.5) is 0 Å². The number of rotatable bonds is 7. The lowest BCUT2D eigenvalue weighted by atomic mass is 9.99. The van der Waals surface area contributed by atoms with Crippen LogP contribution in [0.1, 0.15) is 40.0 Å². The van der Waals surface area contributed by atoms with Gasteiger partial charge in [0.15, 0.2) is 0 Å². The zero-order valence-corrected chi connectivity index (χ0v) is 11.1. The van der Waals surface area contributed by atoms with Crippen LogP contribution >= 0.6 is 0 Å². The minimum Gasteiger partial charge on any atom is -0.395 e. The molecule has 2 atom stereocenters. The summed E-state index contributed by atoms with van der Waals surface area (Å²) in [6.45, 7) is 10.1. The predicted molar refractivity (Wildman–Crippen MR) is 68.6 cm³/mol. The van der Waals surface area contributed by atoms with Gasteiger partial charge < -0.3 is 10.4 Å². The third-order valence-electron chi connectivity index (χ3n) is 3.66. The quantitative estimate of drug-likeness (QED) is 0.692. The van der Waals surface area contributed by atoms with Crippen LogP contribution in [0.5, 0.6) is 0 Å². The normalized spacial score (nSPS) is 23.2. The third kappa shape index (κ3) is 4.04. The number of hydrogen-bond acceptors (Lipinski definition) is 3. The molecule has 0 spiro atoms. The van der Waals surface area contributed by atoms with Crippen molar-refractivity contribution in [1.29, 1.82) is 0 Å². The van der Waals surface area contributed by atoms with E-state index in [1.165, 1.54) is 19.3 Å². The first-order valence-corrected chi connectivity index (χ1v) is 6.77. The Labute approximate surface area is 100 Å². The molecule has 2 N–H and O–H groups in total. The first kappa shape index (κ1) is 13.9. The van der Waals surface area contributed by atoms with Gasteiger partial charge in [-0.3, -0.25) is 4.90 Å². The van der Waals surface area contributed by atoms with E-state index in [-0.39, 0.29) is 6.61 Å². The van der Waals surface area contributed by atoms with Crippen LogP contribution in [0.3, 0.4) is 0 Å². The second kappa shape index (κ2) is 7.25. The minimum atomic E-state index is 0.274. The molecule has 0 bridgehead atoms. The molecule has 3 nitrogen and oxygen atoms in total. The zero-order chi connectivity index (χ0) is 12.0. The van der Waals surface area contributed by atoms with E-state index < -0.39 is 0 Å². The van der Waals surface area contributed by atoms with Crippen molar-refractivity contribution in [2.45, 2.75) is 52.1 Å². The van der Waals surface area contributed by atoms with Crippen molar-refractivity contribution in [2.24, 2.45) is 5.92 Å². The summed E-state index contributed by atoms with van der Waals surface area (Å²) in [6.07, 6.45) is 3.76. The van der Waals surface area contributed by atoms with Crippen molar-refractivity contribution in [3.8, 4) is 0 Å². The van der Waals surface area contributed by atoms with E-state index in [1.807, 2.05) is 0 Å². The molecule has 1 rings (SSSR count). The van der Waals surface area contributed by atoms with Crippen molar-refractivity contribution in [2.75, 3.05) is 26.2 Å². The zero-order valence-electron chi connectivity index (χ0n) is 11.1. The van der Waals surface area contributed by atoms with Gasteiger partial charge in [0, 0.05) is 25.2 Å². The molecule has 1 heterocycles. The molecule has 0 saturated carbocycles. The summed E-state index contributed by atoms with van der Waals surface area (Å²) in [7, 11) is 0. The van der Waals surface area contributed by atoms with Crippen LogP contribution in [0.25, 0.3) is 0 Å². The maximum Gasteiger partial charge on any atom is 0.0558 e. The van der Waals surface area contributed by atoms with Crippen molar-refractivity contribution in [3.63, 3.8) is 0 Å². The predicted octanol–water partition coefficient (Wildman–Crippen LogP) is 1.47. The summed E-state index contributed by atoms with van der Waals surface area (Å²) in [5.74, 6) is 0.665. The molecule has 0 radical (unpaired) electrons. The van der Waals surface area contributed by atoms with Gasteiger partial charge in [0.25, 0.3) is 0 Å². The Bertz CT molecular complexity index is 179. The summed E-state index contributed by atoms with van der Waals surface area (Å²) in [5, 5.41) is 12.7. The summed E-state index contributed by atoms with van der Waals surface area (Å²) in [6, 6.07) is 1.24. The Morgan fingerprint density at radius 2 is 2.19 bits per heavy atom. The van der Waals surface area contributed by atoms with Crippen molar-refractivity contribution >= 4 is 0 Å². The fourth-order valence-corrected chi connectivity index (χ4v) is 2.87. The molecule has 0 amide bonds. The van der Waals surface area contributed by atoms with Gasteiger partial charge in [0.2, 0.25) is 0 Å². The molecule has 96 valence electrons. The summed E-state index contributed by atoms with van der Waals surface area (Å²) < 4.78 is 0. The molecule has 1 saturated heterocycles. The second-order valence-electron chi connectivity index (χ2n) is 5.23. The van der Waals surface area contributed by atoms with Crippen LogP contribution in [0.2, 0.25) is 0 Å². The van der Waals surface area contributed by atoms with E-state index in [4.69, 9.17) is 0 Å². The van der Waals surface area contributed by atoms with Gasteiger partial charge in [-0.05, 0) is 31.7 Å². The van der Waals surface area contributed by atoms with Gasteiger partial charge in [0.1, 0.15) is 0 Å². The highest BCUT2D eigenvalue weighted by Crippen LogP contribution is 2.16. The van der Waals surface area contributed by atoms with E-state index in [2.05, 4.69) is 31.0 Å². The first-order chi connectivity index (χ1) is 7.69. The Morgan fingerprint density at radius 3 is 2.62 bits per heavy atom. The minimum absolute atomic E-state index is 0.274. The van der Waals surface area contributed by atoms with E-state index in [9.17, 15) is 5.11 Å². The molecule has 2 unspecified atom stereocenters. The molecule has 3 heteroatoms. The first-order valence-electron chi connectivity index (χ1n) is 6.77. The van der Waals surface area contributed by atoms with Gasteiger partial charge in [-0.2, -0.15) is 0 Å². The lowest BCUT2D eigenvalue weighted by Gasteiger charge is -2.35. The molecular weight excluding hydrogens is 200 g/mol. The topological polar surface area (TPSA) is 35.5 Å². The van der Waals surface area contributed by atoms with Gasteiger partial charge in [-0.1, -0.05) is 20.8 Å². The standard InChI is InChI=1S/C13H28N2O/c1-4-13(11(2)3)15(8-9-16)10-12-6-5-7-14-12/h11-14,16H,4-10H2,1-3H3. The van der Waals surface area contributed by atoms with Gasteiger partial charge in [0.05, 0.1) is 6.61 Å². The number of aliphatic hydroxyl groups excluding tert-OH is 1. The number of nitrogens with zero attached hydrogens (tertiary/aromatic N) is 1. The Morgan fingerprint density at radius 1 is 1.44 bits per heavy atom. The monoisotopic (exact) mass is 228 g/mol. The Hall–Kier alpha value is -0.120. The fraction of sp³-hybridized carbons (Fsp3) is 1.00. The van der Waals surface area contributed by atoms with Crippen molar-refractivity contribution < 1.29 is 5.11 Å². The molecule has 0 aliphatic carbocycles. The summed E-state index contributed by atoms with van der Waals surface area (Å²) in [5.41, 5.74) is 0. The van der Waals surface area contributed by atoms with E-state index in [0.717, 1.165) is 19.6 Å². The fourth-order valence-electron chi connectivity index (χ4n) is 2.87. The lowest BCUT2D eigenvalue weighted by Crippen LogP contribution is -2.46. The lowest BCUT2D eigenvalue weighted by molar-refractivity contribution is 0.109.